The van der Waals surface area contributed by atoms with Gasteiger partial charge in [0.1, 0.15) is 0 Å². The number of benzene rings is 1. The van der Waals surface area contributed by atoms with Gasteiger partial charge in [0.15, 0.2) is 0 Å². The first-order chi connectivity index (χ1) is 8.16. The third-order valence-corrected chi connectivity index (χ3v) is 3.08. The van der Waals surface area contributed by atoms with E-state index < -0.39 is 6.10 Å². The molecule has 0 spiro atoms. The van der Waals surface area contributed by atoms with Crippen LogP contribution in [0.4, 0.5) is 0 Å². The van der Waals surface area contributed by atoms with Crippen molar-refractivity contribution in [1.29, 1.82) is 0 Å². The van der Waals surface area contributed by atoms with Crippen molar-refractivity contribution < 1.29 is 9.90 Å². The highest BCUT2D eigenvalue weighted by atomic mass is 16.3. The normalized spacial score (nSPS) is 25.5. The average molecular weight is 234 g/mol. The lowest BCUT2D eigenvalue weighted by molar-refractivity contribution is -0.123. The molecule has 0 aromatic heterocycles. The van der Waals surface area contributed by atoms with Crippen LogP contribution in [0.1, 0.15) is 24.9 Å². The second kappa shape index (κ2) is 5.29. The number of aliphatic hydroxyl groups is 1. The molecule has 2 rings (SSSR count). The molecule has 3 N–H and O–H groups in total. The topological polar surface area (TPSA) is 61.4 Å². The Morgan fingerprint density at radius 3 is 2.76 bits per heavy atom. The highest BCUT2D eigenvalue weighted by Crippen LogP contribution is 2.13. The molecule has 1 amide bonds. The lowest BCUT2D eigenvalue weighted by Crippen LogP contribution is -2.41. The van der Waals surface area contributed by atoms with Gasteiger partial charge in [-0.1, -0.05) is 30.3 Å². The zero-order valence-electron chi connectivity index (χ0n) is 9.89. The van der Waals surface area contributed by atoms with Crippen molar-refractivity contribution in [2.24, 2.45) is 0 Å². The van der Waals surface area contributed by atoms with E-state index in [1.165, 1.54) is 0 Å². The minimum absolute atomic E-state index is 0.0109. The molecule has 0 saturated carbocycles. The molecule has 0 radical (unpaired) electrons. The smallest absolute Gasteiger partial charge is 0.237 e. The summed E-state index contributed by atoms with van der Waals surface area (Å²) in [6.07, 6.45) is 0.0886. The maximum absolute atomic E-state index is 11.9. The SMILES string of the molecule is C[C@@H](NC(=O)C1CC(O)CN1)c1ccccc1. The molecular weight excluding hydrogens is 216 g/mol. The van der Waals surface area contributed by atoms with Gasteiger partial charge in [-0.2, -0.15) is 0 Å². The van der Waals surface area contributed by atoms with Gasteiger partial charge in [-0.25, -0.2) is 0 Å². The van der Waals surface area contributed by atoms with Gasteiger partial charge in [0, 0.05) is 6.54 Å². The summed E-state index contributed by atoms with van der Waals surface area (Å²) in [5, 5.41) is 15.3. The molecule has 92 valence electrons. The van der Waals surface area contributed by atoms with Crippen LogP contribution in [0.25, 0.3) is 0 Å². The van der Waals surface area contributed by atoms with Gasteiger partial charge in [-0.15, -0.1) is 0 Å². The first-order valence-electron chi connectivity index (χ1n) is 5.93. The van der Waals surface area contributed by atoms with Crippen molar-refractivity contribution >= 4 is 5.91 Å². The molecule has 1 heterocycles. The molecule has 0 aliphatic carbocycles. The molecule has 1 aliphatic rings. The standard InChI is InChI=1S/C13H18N2O2/c1-9(10-5-3-2-4-6-10)15-13(17)12-7-11(16)8-14-12/h2-6,9,11-12,14,16H,7-8H2,1H3,(H,15,17)/t9-,11?,12?/m1/s1. The van der Waals surface area contributed by atoms with E-state index in [4.69, 9.17) is 0 Å². The molecule has 2 unspecified atom stereocenters. The van der Waals surface area contributed by atoms with Crippen LogP contribution in [0, 0.1) is 0 Å². The second-order valence-corrected chi connectivity index (χ2v) is 4.49. The number of carbonyl (C=O) groups excluding carboxylic acids is 1. The van der Waals surface area contributed by atoms with Gasteiger partial charge < -0.3 is 15.7 Å². The Labute approximate surface area is 101 Å². The van der Waals surface area contributed by atoms with Gasteiger partial charge in [0.2, 0.25) is 5.91 Å². The Bertz CT molecular complexity index is 380. The summed E-state index contributed by atoms with van der Waals surface area (Å²) < 4.78 is 0. The van der Waals surface area contributed by atoms with E-state index in [0.29, 0.717) is 13.0 Å². The molecule has 1 fully saturated rings. The third-order valence-electron chi connectivity index (χ3n) is 3.08. The van der Waals surface area contributed by atoms with E-state index in [9.17, 15) is 9.90 Å². The highest BCUT2D eigenvalue weighted by molar-refractivity contribution is 5.82. The van der Waals surface area contributed by atoms with Crippen LogP contribution >= 0.6 is 0 Å². The van der Waals surface area contributed by atoms with E-state index in [2.05, 4.69) is 10.6 Å². The first kappa shape index (κ1) is 12.1. The first-order valence-corrected chi connectivity index (χ1v) is 5.93. The fourth-order valence-electron chi connectivity index (χ4n) is 2.06. The maximum atomic E-state index is 11.9. The molecule has 1 aromatic rings. The molecule has 4 nitrogen and oxygen atoms in total. The van der Waals surface area contributed by atoms with E-state index in [1.807, 2.05) is 37.3 Å². The number of β-amino-alcohol motifs (C(OH)–C–C–N with tert-alkyl or cyclic N) is 1. The number of hydrogen-bond acceptors (Lipinski definition) is 3. The predicted octanol–water partition coefficient (Wildman–Crippen LogP) is 0.587. The minimum Gasteiger partial charge on any atom is -0.392 e. The second-order valence-electron chi connectivity index (χ2n) is 4.49. The molecule has 1 saturated heterocycles. The molecule has 0 bridgehead atoms. The van der Waals surface area contributed by atoms with Crippen LogP contribution in [-0.4, -0.2) is 29.7 Å². The van der Waals surface area contributed by atoms with Crippen molar-refractivity contribution in [1.82, 2.24) is 10.6 Å². The number of amides is 1. The van der Waals surface area contributed by atoms with Crippen LogP contribution < -0.4 is 10.6 Å². The summed E-state index contributed by atoms with van der Waals surface area (Å²) in [6, 6.07) is 9.56. The summed E-state index contributed by atoms with van der Waals surface area (Å²) in [5.41, 5.74) is 1.08. The van der Waals surface area contributed by atoms with E-state index in [-0.39, 0.29) is 18.0 Å². The Morgan fingerprint density at radius 1 is 1.47 bits per heavy atom. The molecule has 3 atom stereocenters. The fraction of sp³-hybridized carbons (Fsp3) is 0.462. The Morgan fingerprint density at radius 2 is 2.18 bits per heavy atom. The number of nitrogens with one attached hydrogen (secondary N) is 2. The minimum atomic E-state index is -0.405. The van der Waals surface area contributed by atoms with Gasteiger partial charge >= 0.3 is 0 Å². The molecular formula is C13H18N2O2. The van der Waals surface area contributed by atoms with Gasteiger partial charge in [-0.3, -0.25) is 4.79 Å². The van der Waals surface area contributed by atoms with Crippen molar-refractivity contribution in [3.05, 3.63) is 35.9 Å². The van der Waals surface area contributed by atoms with Crippen LogP contribution in [0.5, 0.6) is 0 Å². The van der Waals surface area contributed by atoms with E-state index >= 15 is 0 Å². The lowest BCUT2D eigenvalue weighted by atomic mass is 10.1. The number of aliphatic hydroxyl groups excluding tert-OH is 1. The van der Waals surface area contributed by atoms with Gasteiger partial charge in [0.05, 0.1) is 18.2 Å². The molecule has 17 heavy (non-hydrogen) atoms. The average Bonchev–Trinajstić information content (AvgIpc) is 2.77. The van der Waals surface area contributed by atoms with Crippen LogP contribution in [-0.2, 0) is 4.79 Å². The Hall–Kier alpha value is -1.39. The number of carbonyl (C=O) groups is 1. The molecule has 4 heteroatoms. The van der Waals surface area contributed by atoms with Gasteiger partial charge in [0.25, 0.3) is 0 Å². The summed E-state index contributed by atoms with van der Waals surface area (Å²) in [4.78, 5) is 11.9. The van der Waals surface area contributed by atoms with E-state index in [1.54, 1.807) is 0 Å². The Balaban J connectivity index is 1.91. The summed E-state index contributed by atoms with van der Waals surface area (Å²) in [6.45, 7) is 2.45. The third kappa shape index (κ3) is 3.05. The maximum Gasteiger partial charge on any atom is 0.237 e. The van der Waals surface area contributed by atoms with Crippen molar-refractivity contribution in [3.63, 3.8) is 0 Å². The quantitative estimate of drug-likeness (QED) is 0.717. The number of hydrogen-bond donors (Lipinski definition) is 3. The zero-order chi connectivity index (χ0) is 12.3. The summed E-state index contributed by atoms with van der Waals surface area (Å²) in [7, 11) is 0. The zero-order valence-corrected chi connectivity index (χ0v) is 9.89. The fourth-order valence-corrected chi connectivity index (χ4v) is 2.06. The van der Waals surface area contributed by atoms with Crippen molar-refractivity contribution in [3.8, 4) is 0 Å². The van der Waals surface area contributed by atoms with Crippen LogP contribution in [0.2, 0.25) is 0 Å². The predicted molar refractivity (Wildman–Crippen MR) is 65.4 cm³/mol. The largest absolute Gasteiger partial charge is 0.392 e. The van der Waals surface area contributed by atoms with Crippen molar-refractivity contribution in [2.75, 3.05) is 6.54 Å². The summed E-state index contributed by atoms with van der Waals surface area (Å²) >= 11 is 0. The van der Waals surface area contributed by atoms with Crippen LogP contribution in [0.15, 0.2) is 30.3 Å². The monoisotopic (exact) mass is 234 g/mol. The van der Waals surface area contributed by atoms with Crippen LogP contribution in [0.3, 0.4) is 0 Å². The highest BCUT2D eigenvalue weighted by Gasteiger charge is 2.28. The lowest BCUT2D eigenvalue weighted by Gasteiger charge is -2.17. The van der Waals surface area contributed by atoms with Crippen molar-refractivity contribution in [2.45, 2.75) is 31.5 Å². The van der Waals surface area contributed by atoms with E-state index in [0.717, 1.165) is 5.56 Å². The molecule has 1 aromatic carbocycles. The Kier molecular flexibility index (Phi) is 3.76. The number of rotatable bonds is 3. The molecule has 1 aliphatic heterocycles. The van der Waals surface area contributed by atoms with Gasteiger partial charge in [-0.05, 0) is 18.9 Å². The summed E-state index contributed by atoms with van der Waals surface area (Å²) in [5.74, 6) is -0.0436.